The molecule has 0 atom stereocenters. The van der Waals surface area contributed by atoms with Gasteiger partial charge in [-0.15, -0.1) is 0 Å². The van der Waals surface area contributed by atoms with Crippen molar-refractivity contribution in [2.45, 2.75) is 0 Å². The van der Waals surface area contributed by atoms with Gasteiger partial charge in [-0.3, -0.25) is 10.2 Å². The lowest BCUT2D eigenvalue weighted by Crippen LogP contribution is -2.35. The summed E-state index contributed by atoms with van der Waals surface area (Å²) in [7, 11) is 0. The van der Waals surface area contributed by atoms with Crippen molar-refractivity contribution in [3.63, 3.8) is 0 Å². The van der Waals surface area contributed by atoms with Crippen LogP contribution in [-0.2, 0) is 4.79 Å². The minimum absolute atomic E-state index is 0.0679. The van der Waals surface area contributed by atoms with E-state index >= 15 is 0 Å². The SMILES string of the molecule is N=C1C(=Cc2ccc(-c3cc(Cl)cc(Cl)c3)o2)C(=O)N=C2SC(COc3ccccc3)=NN12. The van der Waals surface area contributed by atoms with E-state index < -0.39 is 5.91 Å². The zero-order valence-corrected chi connectivity index (χ0v) is 19.1. The summed E-state index contributed by atoms with van der Waals surface area (Å²) in [6, 6.07) is 17.8. The van der Waals surface area contributed by atoms with E-state index in [4.69, 9.17) is 37.8 Å². The normalized spacial score (nSPS) is 16.7. The molecule has 2 aliphatic rings. The van der Waals surface area contributed by atoms with Crippen molar-refractivity contribution in [2.75, 3.05) is 6.61 Å². The highest BCUT2D eigenvalue weighted by Crippen LogP contribution is 2.31. The number of hydrazone groups is 1. The molecule has 0 fully saturated rings. The van der Waals surface area contributed by atoms with Gasteiger partial charge in [-0.1, -0.05) is 41.4 Å². The van der Waals surface area contributed by atoms with Crippen LogP contribution in [-0.4, -0.2) is 33.6 Å². The minimum atomic E-state index is -0.539. The number of nitrogens with zero attached hydrogens (tertiary/aromatic N) is 3. The number of aliphatic imine (C=N–C) groups is 1. The number of carbonyl (C=O) groups is 1. The number of amides is 1. The molecule has 2 aliphatic heterocycles. The second-order valence-electron chi connectivity index (χ2n) is 6.98. The van der Waals surface area contributed by atoms with E-state index in [1.807, 2.05) is 30.3 Å². The maximum absolute atomic E-state index is 12.6. The number of benzene rings is 2. The van der Waals surface area contributed by atoms with Crippen LogP contribution in [0.3, 0.4) is 0 Å². The Bertz CT molecular complexity index is 1340. The largest absolute Gasteiger partial charge is 0.487 e. The molecule has 10 heteroatoms. The first kappa shape index (κ1) is 21.5. The summed E-state index contributed by atoms with van der Waals surface area (Å²) in [6.07, 6.45) is 1.47. The number of hydrogen-bond acceptors (Lipinski definition) is 6. The smallest absolute Gasteiger partial charge is 0.283 e. The molecule has 2 aromatic carbocycles. The summed E-state index contributed by atoms with van der Waals surface area (Å²) in [5.74, 6) is 0.990. The Morgan fingerprint density at radius 1 is 1.09 bits per heavy atom. The molecule has 7 nitrogen and oxygen atoms in total. The molecular formula is C23H14Cl2N4O3S. The van der Waals surface area contributed by atoms with Crippen molar-refractivity contribution < 1.29 is 13.9 Å². The minimum Gasteiger partial charge on any atom is -0.487 e. The zero-order chi connectivity index (χ0) is 22.9. The molecule has 0 saturated carbocycles. The summed E-state index contributed by atoms with van der Waals surface area (Å²) >= 11 is 13.3. The van der Waals surface area contributed by atoms with Crippen LogP contribution in [0, 0.1) is 5.41 Å². The lowest BCUT2D eigenvalue weighted by atomic mass is 10.1. The second kappa shape index (κ2) is 8.90. The summed E-state index contributed by atoms with van der Waals surface area (Å²) in [5.41, 5.74) is 0.768. The standard InChI is InChI=1S/C23H14Cl2N4O3S/c24-14-8-13(9-15(25)10-14)19-7-6-17(32-19)11-18-21(26)29-23(27-22(18)30)33-20(28-29)12-31-16-4-2-1-3-5-16/h1-11,26H,12H2. The third-order valence-corrected chi connectivity index (χ3v) is 5.98. The first-order valence-corrected chi connectivity index (χ1v) is 11.3. The molecular weight excluding hydrogens is 483 g/mol. The second-order valence-corrected chi connectivity index (χ2v) is 8.89. The molecule has 1 aromatic heterocycles. The molecule has 3 heterocycles. The Labute approximate surface area is 202 Å². The predicted molar refractivity (Wildman–Crippen MR) is 131 cm³/mol. The fourth-order valence-corrected chi connectivity index (χ4v) is 4.50. The van der Waals surface area contributed by atoms with Crippen LogP contribution in [0.15, 0.2) is 80.7 Å². The van der Waals surface area contributed by atoms with E-state index in [9.17, 15) is 4.79 Å². The molecule has 0 saturated heterocycles. The van der Waals surface area contributed by atoms with Gasteiger partial charge in [0.1, 0.15) is 28.9 Å². The fraction of sp³-hybridized carbons (Fsp3) is 0.0435. The monoisotopic (exact) mass is 496 g/mol. The van der Waals surface area contributed by atoms with E-state index in [-0.39, 0.29) is 18.0 Å². The van der Waals surface area contributed by atoms with Crippen molar-refractivity contribution in [1.82, 2.24) is 5.01 Å². The zero-order valence-electron chi connectivity index (χ0n) is 16.8. The first-order valence-electron chi connectivity index (χ1n) is 9.69. The highest BCUT2D eigenvalue weighted by molar-refractivity contribution is 8.27. The molecule has 1 amide bonds. The number of nitrogens with one attached hydrogen (secondary N) is 1. The molecule has 1 N–H and O–H groups in total. The van der Waals surface area contributed by atoms with Crippen LogP contribution in [0.25, 0.3) is 17.4 Å². The molecule has 0 aliphatic carbocycles. The highest BCUT2D eigenvalue weighted by atomic mass is 35.5. The molecule has 0 spiro atoms. The van der Waals surface area contributed by atoms with E-state index in [2.05, 4.69) is 10.1 Å². The van der Waals surface area contributed by atoms with Crippen molar-refractivity contribution in [3.8, 4) is 17.1 Å². The fourth-order valence-electron chi connectivity index (χ4n) is 3.18. The number of amidine groups is 2. The van der Waals surface area contributed by atoms with Gasteiger partial charge >= 0.3 is 0 Å². The van der Waals surface area contributed by atoms with Crippen molar-refractivity contribution in [2.24, 2.45) is 10.1 Å². The van der Waals surface area contributed by atoms with Gasteiger partial charge in [0.25, 0.3) is 5.91 Å². The quantitative estimate of drug-likeness (QED) is 0.440. The van der Waals surface area contributed by atoms with Crippen LogP contribution in [0.4, 0.5) is 0 Å². The molecule has 0 unspecified atom stereocenters. The number of para-hydroxylation sites is 1. The van der Waals surface area contributed by atoms with E-state index in [0.717, 1.165) is 0 Å². The Kier molecular flexibility index (Phi) is 5.80. The number of fused-ring (bicyclic) bond motifs is 1. The van der Waals surface area contributed by atoms with Gasteiger partial charge in [-0.05, 0) is 60.3 Å². The Morgan fingerprint density at radius 2 is 1.85 bits per heavy atom. The van der Waals surface area contributed by atoms with Gasteiger partial charge in [0.2, 0.25) is 5.17 Å². The van der Waals surface area contributed by atoms with Crippen molar-refractivity contribution in [1.29, 1.82) is 5.41 Å². The van der Waals surface area contributed by atoms with Crippen molar-refractivity contribution in [3.05, 3.63) is 82.0 Å². The topological polar surface area (TPSA) is 91.2 Å². The van der Waals surface area contributed by atoms with Crippen molar-refractivity contribution >= 4 is 63.0 Å². The number of ether oxygens (including phenoxy) is 1. The van der Waals surface area contributed by atoms with E-state index in [0.29, 0.717) is 43.1 Å². The Hall–Kier alpha value is -3.33. The van der Waals surface area contributed by atoms with Gasteiger partial charge in [0.15, 0.2) is 5.84 Å². The number of furan rings is 1. The Balaban J connectivity index is 1.35. The molecule has 33 heavy (non-hydrogen) atoms. The third kappa shape index (κ3) is 4.59. The van der Waals surface area contributed by atoms with Gasteiger partial charge < -0.3 is 9.15 Å². The Morgan fingerprint density at radius 3 is 2.61 bits per heavy atom. The van der Waals surface area contributed by atoms with Gasteiger partial charge in [0.05, 0.1) is 5.57 Å². The van der Waals surface area contributed by atoms with Crippen LogP contribution >= 0.6 is 35.0 Å². The van der Waals surface area contributed by atoms with E-state index in [1.54, 1.807) is 30.3 Å². The molecule has 0 radical (unpaired) electrons. The molecule has 0 bridgehead atoms. The molecule has 3 aromatic rings. The van der Waals surface area contributed by atoms with Crippen LogP contribution in [0.5, 0.6) is 5.75 Å². The summed E-state index contributed by atoms with van der Waals surface area (Å²) in [6.45, 7) is 0.203. The number of hydrogen-bond donors (Lipinski definition) is 1. The van der Waals surface area contributed by atoms with Gasteiger partial charge in [-0.2, -0.15) is 15.1 Å². The number of thioether (sulfide) groups is 1. The van der Waals surface area contributed by atoms with Crippen LogP contribution in [0.1, 0.15) is 5.76 Å². The van der Waals surface area contributed by atoms with Gasteiger partial charge in [0, 0.05) is 15.6 Å². The summed E-state index contributed by atoms with van der Waals surface area (Å²) in [5, 5.41) is 16.1. The molecule has 5 rings (SSSR count). The highest BCUT2D eigenvalue weighted by Gasteiger charge is 2.36. The third-order valence-electron chi connectivity index (χ3n) is 4.66. The lowest BCUT2D eigenvalue weighted by Gasteiger charge is -2.19. The number of rotatable bonds is 5. The summed E-state index contributed by atoms with van der Waals surface area (Å²) in [4.78, 5) is 16.7. The average Bonchev–Trinajstić information content (AvgIpc) is 3.42. The number of halogens is 2. The molecule has 164 valence electrons. The van der Waals surface area contributed by atoms with Gasteiger partial charge in [-0.25, -0.2) is 0 Å². The maximum Gasteiger partial charge on any atom is 0.283 e. The summed E-state index contributed by atoms with van der Waals surface area (Å²) < 4.78 is 11.5. The number of carbonyl (C=O) groups excluding carboxylic acids is 1. The van der Waals surface area contributed by atoms with E-state index in [1.165, 1.54) is 22.8 Å². The average molecular weight is 497 g/mol. The lowest BCUT2D eigenvalue weighted by molar-refractivity contribution is -0.114. The maximum atomic E-state index is 12.6. The van der Waals surface area contributed by atoms with Crippen LogP contribution < -0.4 is 4.74 Å². The van der Waals surface area contributed by atoms with Crippen LogP contribution in [0.2, 0.25) is 10.0 Å². The predicted octanol–water partition coefficient (Wildman–Crippen LogP) is 5.95. The first-order chi connectivity index (χ1) is 16.0.